The highest BCUT2D eigenvalue weighted by Gasteiger charge is 2.75. The number of alkyl halides is 6. The molecule has 0 radical (unpaired) electrons. The average Bonchev–Trinajstić information content (AvgIpc) is 2.58. The van der Waals surface area contributed by atoms with Crippen LogP contribution in [0.3, 0.4) is 0 Å². The zero-order valence-corrected chi connectivity index (χ0v) is 15.3. The molecule has 0 aliphatic carbocycles. The normalized spacial score (nSPS) is 13.4. The summed E-state index contributed by atoms with van der Waals surface area (Å²) in [5.74, 6) is 0. The van der Waals surface area contributed by atoms with Gasteiger partial charge in [-0.15, -0.1) is 0 Å². The predicted octanol–water partition coefficient (Wildman–Crippen LogP) is 5.71. The van der Waals surface area contributed by atoms with Gasteiger partial charge in [0.05, 0.1) is 4.90 Å². The van der Waals surface area contributed by atoms with Gasteiger partial charge in [0.1, 0.15) is 0 Å². The molecule has 0 saturated heterocycles. The van der Waals surface area contributed by atoms with Gasteiger partial charge in [-0.1, -0.05) is 42.5 Å². The van der Waals surface area contributed by atoms with E-state index in [9.17, 15) is 34.8 Å². The first-order valence-electron chi connectivity index (χ1n) is 7.32. The number of hydrogen-bond acceptors (Lipinski definition) is 3. The smallest absolute Gasteiger partial charge is 0.235 e. The predicted molar refractivity (Wildman–Crippen MR) is 90.0 cm³/mol. The van der Waals surface area contributed by atoms with E-state index >= 15 is 0 Å². The number of rotatable bonds is 5. The third-order valence-corrected chi connectivity index (χ3v) is 5.24. The van der Waals surface area contributed by atoms with Crippen molar-refractivity contribution in [1.29, 1.82) is 0 Å². The van der Waals surface area contributed by atoms with Crippen LogP contribution in [-0.2, 0) is 19.9 Å². The van der Waals surface area contributed by atoms with Crippen molar-refractivity contribution in [2.24, 2.45) is 0 Å². The molecule has 0 bridgehead atoms. The largest absolute Gasteiger partial charge is 0.432 e. The molecule has 2 rings (SSSR count). The van der Waals surface area contributed by atoms with Gasteiger partial charge in [0.15, 0.2) is 0 Å². The lowest BCUT2D eigenvalue weighted by Gasteiger charge is -2.36. The van der Waals surface area contributed by atoms with Crippen molar-refractivity contribution in [2.45, 2.75) is 22.8 Å². The van der Waals surface area contributed by atoms with Gasteiger partial charge in [-0.25, -0.2) is 4.18 Å². The first-order chi connectivity index (χ1) is 12.7. The summed E-state index contributed by atoms with van der Waals surface area (Å²) in [6.07, 6.45) is -11.3. The molecular weight excluding hydrogens is 434 g/mol. The van der Waals surface area contributed by atoms with Gasteiger partial charge in [-0.3, -0.25) is 0 Å². The minimum Gasteiger partial charge on any atom is -0.235 e. The maximum atomic E-state index is 13.7. The molecule has 2 aromatic rings. The second-order valence-corrected chi connectivity index (χ2v) is 7.48. The molecule has 0 atom stereocenters. The fraction of sp³-hybridized carbons (Fsp3) is 0.176. The van der Waals surface area contributed by atoms with E-state index in [1.54, 1.807) is 0 Å². The van der Waals surface area contributed by atoms with Gasteiger partial charge in [0.2, 0.25) is 0 Å². The highest BCUT2D eigenvalue weighted by molar-refractivity contribution is 7.86. The van der Waals surface area contributed by atoms with E-state index in [1.165, 1.54) is 6.07 Å². The van der Waals surface area contributed by atoms with Crippen molar-refractivity contribution in [3.8, 4) is 0 Å². The van der Waals surface area contributed by atoms with E-state index < -0.39 is 38.5 Å². The molecule has 0 heterocycles. The fourth-order valence-electron chi connectivity index (χ4n) is 2.33. The van der Waals surface area contributed by atoms with Crippen LogP contribution in [0.5, 0.6) is 0 Å². The van der Waals surface area contributed by atoms with Crippen LogP contribution in [-0.4, -0.2) is 20.8 Å². The Morgan fingerprint density at radius 3 is 1.93 bits per heavy atom. The molecule has 0 N–H and O–H groups in total. The van der Waals surface area contributed by atoms with Gasteiger partial charge in [-0.2, -0.15) is 34.8 Å². The summed E-state index contributed by atoms with van der Waals surface area (Å²) in [6.45, 7) is 3.27. The second kappa shape index (κ2) is 7.41. The topological polar surface area (TPSA) is 43.4 Å². The van der Waals surface area contributed by atoms with Crippen LogP contribution in [0.4, 0.5) is 26.3 Å². The summed E-state index contributed by atoms with van der Waals surface area (Å²) >= 11 is 5.56. The SMILES string of the molecule is C=Cc1cccc(C(OS(=O)(=O)c2ccc(Cl)cc2)(C(F)(F)F)C(F)(F)F)c1. The summed E-state index contributed by atoms with van der Waals surface area (Å²) in [7, 11) is -5.49. The molecule has 0 fully saturated rings. The van der Waals surface area contributed by atoms with E-state index in [0.717, 1.165) is 36.4 Å². The van der Waals surface area contributed by atoms with Gasteiger partial charge < -0.3 is 0 Å². The van der Waals surface area contributed by atoms with E-state index in [1.807, 2.05) is 0 Å². The first kappa shape index (κ1) is 22.3. The van der Waals surface area contributed by atoms with Crippen molar-refractivity contribution in [3.05, 3.63) is 71.3 Å². The van der Waals surface area contributed by atoms with E-state index in [-0.39, 0.29) is 10.6 Å². The monoisotopic (exact) mass is 444 g/mol. The van der Waals surface area contributed by atoms with Gasteiger partial charge in [0, 0.05) is 10.6 Å². The highest BCUT2D eigenvalue weighted by atomic mass is 35.5. The molecule has 0 amide bonds. The molecule has 0 aliphatic heterocycles. The molecular formula is C17H11ClF6O3S. The fourth-order valence-corrected chi connectivity index (χ4v) is 3.64. The molecule has 0 aromatic heterocycles. The van der Waals surface area contributed by atoms with Crippen LogP contribution in [0.1, 0.15) is 11.1 Å². The third kappa shape index (κ3) is 4.03. The quantitative estimate of drug-likeness (QED) is 0.438. The van der Waals surface area contributed by atoms with Crippen molar-refractivity contribution in [3.63, 3.8) is 0 Å². The Kier molecular flexibility index (Phi) is 5.89. The summed E-state index contributed by atoms with van der Waals surface area (Å²) in [5, 5.41) is 0.0236. The Hall–Kier alpha value is -2.04. The summed E-state index contributed by atoms with van der Waals surface area (Å²) in [6, 6.07) is 6.51. The Morgan fingerprint density at radius 1 is 0.929 bits per heavy atom. The van der Waals surface area contributed by atoms with Crippen molar-refractivity contribution in [1.82, 2.24) is 0 Å². The Bertz CT molecular complexity index is 952. The molecule has 0 unspecified atom stereocenters. The molecule has 28 heavy (non-hydrogen) atoms. The van der Waals surface area contributed by atoms with Crippen LogP contribution in [0.25, 0.3) is 6.08 Å². The van der Waals surface area contributed by atoms with Crippen molar-refractivity contribution in [2.75, 3.05) is 0 Å². The zero-order chi connectivity index (χ0) is 21.4. The second-order valence-electron chi connectivity index (χ2n) is 5.50. The molecule has 0 saturated carbocycles. The van der Waals surface area contributed by atoms with Crippen molar-refractivity contribution >= 4 is 27.8 Å². The Balaban J connectivity index is 2.77. The molecule has 0 aliphatic rings. The minimum atomic E-state index is -6.16. The number of halogens is 7. The molecule has 2 aromatic carbocycles. The van der Waals surface area contributed by atoms with Crippen LogP contribution in [0, 0.1) is 0 Å². The lowest BCUT2D eigenvalue weighted by Crippen LogP contribution is -2.56. The lowest BCUT2D eigenvalue weighted by molar-refractivity contribution is -0.364. The van der Waals surface area contributed by atoms with E-state index in [2.05, 4.69) is 10.8 Å². The van der Waals surface area contributed by atoms with E-state index in [0.29, 0.717) is 12.1 Å². The third-order valence-electron chi connectivity index (χ3n) is 3.66. The van der Waals surface area contributed by atoms with Crippen molar-refractivity contribution < 1.29 is 38.9 Å². The van der Waals surface area contributed by atoms with Crippen LogP contribution < -0.4 is 0 Å². The molecule has 0 spiro atoms. The molecule has 3 nitrogen and oxygen atoms in total. The minimum absolute atomic E-state index is 0.0236. The summed E-state index contributed by atoms with van der Waals surface area (Å²) in [5.41, 5.74) is -6.68. The maximum absolute atomic E-state index is 13.7. The van der Waals surface area contributed by atoms with Crippen LogP contribution in [0.2, 0.25) is 5.02 Å². The Labute approximate surface area is 161 Å². The zero-order valence-electron chi connectivity index (χ0n) is 13.7. The molecule has 152 valence electrons. The highest BCUT2D eigenvalue weighted by Crippen LogP contribution is 2.54. The lowest BCUT2D eigenvalue weighted by atomic mass is 9.91. The first-order valence-corrected chi connectivity index (χ1v) is 9.11. The summed E-state index contributed by atoms with van der Waals surface area (Å²) in [4.78, 5) is -0.922. The number of benzene rings is 2. The molecule has 11 heteroatoms. The van der Waals surface area contributed by atoms with Gasteiger partial charge >= 0.3 is 18.0 Å². The maximum Gasteiger partial charge on any atom is 0.432 e. The van der Waals surface area contributed by atoms with Gasteiger partial charge in [-0.05, 0) is 35.9 Å². The Morgan fingerprint density at radius 2 is 1.46 bits per heavy atom. The van der Waals surface area contributed by atoms with Crippen LogP contribution in [0.15, 0.2) is 60.0 Å². The van der Waals surface area contributed by atoms with Crippen LogP contribution >= 0.6 is 11.6 Å². The average molecular weight is 445 g/mol. The summed E-state index contributed by atoms with van der Waals surface area (Å²) < 4.78 is 111. The van der Waals surface area contributed by atoms with E-state index in [4.69, 9.17) is 11.6 Å². The number of hydrogen-bond donors (Lipinski definition) is 0. The van der Waals surface area contributed by atoms with Gasteiger partial charge in [0.25, 0.3) is 10.1 Å². The standard InChI is InChI=1S/C17H11ClF6O3S/c1-2-11-4-3-5-12(10-11)15(16(19,20)21,17(22,23)24)27-28(25,26)14-8-6-13(18)7-9-14/h2-10H,1H2.